The molecule has 162 valence electrons. The second kappa shape index (κ2) is 7.05. The van der Waals surface area contributed by atoms with Crippen molar-refractivity contribution in [3.63, 3.8) is 0 Å². The van der Waals surface area contributed by atoms with Crippen molar-refractivity contribution in [2.75, 3.05) is 18.6 Å². The minimum Gasteiger partial charge on any atom is -0.497 e. The number of ketones is 1. The molecule has 2 aromatic carbocycles. The number of hydrogen-bond donors (Lipinski definition) is 0. The van der Waals surface area contributed by atoms with E-state index in [2.05, 4.69) is 12.2 Å². The maximum Gasteiger partial charge on any atom is 0.238 e. The summed E-state index contributed by atoms with van der Waals surface area (Å²) in [4.78, 5) is 40.7. The molecule has 7 rings (SSSR count). The van der Waals surface area contributed by atoms with Gasteiger partial charge in [0.05, 0.1) is 24.6 Å². The van der Waals surface area contributed by atoms with Crippen LogP contribution in [-0.4, -0.2) is 31.3 Å². The molecule has 2 bridgehead atoms. The number of carbonyl (C=O) groups excluding carboxylic acids is 3. The van der Waals surface area contributed by atoms with Gasteiger partial charge >= 0.3 is 0 Å². The zero-order chi connectivity index (χ0) is 22.0. The van der Waals surface area contributed by atoms with Gasteiger partial charge in [0.1, 0.15) is 11.5 Å². The van der Waals surface area contributed by atoms with Gasteiger partial charge in [0.2, 0.25) is 11.8 Å². The van der Waals surface area contributed by atoms with E-state index in [1.165, 1.54) is 4.90 Å². The van der Waals surface area contributed by atoms with Gasteiger partial charge in [-0.2, -0.15) is 0 Å². The predicted octanol–water partition coefficient (Wildman–Crippen LogP) is 3.51. The largest absolute Gasteiger partial charge is 0.497 e. The van der Waals surface area contributed by atoms with Crippen LogP contribution >= 0.6 is 0 Å². The number of amides is 2. The van der Waals surface area contributed by atoms with Crippen molar-refractivity contribution < 1.29 is 23.9 Å². The van der Waals surface area contributed by atoms with Crippen LogP contribution in [0.25, 0.3) is 0 Å². The van der Waals surface area contributed by atoms with Crippen molar-refractivity contribution in [2.24, 2.45) is 35.5 Å². The number of anilines is 1. The molecule has 32 heavy (non-hydrogen) atoms. The van der Waals surface area contributed by atoms with E-state index in [-0.39, 0.29) is 47.9 Å². The standard InChI is InChI=1S/C26H23NO5/c1-31-15-8-6-14(7-9-15)21(28)13-32-22-5-3-2-4-20(22)27-25(29)23-16-10-11-17(19-12-18(16)19)24(23)26(27)30/h2-11,16-19,23-24H,12-13H2,1H3/t16-,17-,18-,19-,23-,24+/m0/s1. The van der Waals surface area contributed by atoms with Gasteiger partial charge in [-0.05, 0) is 66.5 Å². The number of rotatable bonds is 6. The van der Waals surface area contributed by atoms with Gasteiger partial charge in [-0.3, -0.25) is 14.4 Å². The molecule has 6 nitrogen and oxygen atoms in total. The molecule has 0 unspecified atom stereocenters. The van der Waals surface area contributed by atoms with Crippen molar-refractivity contribution in [2.45, 2.75) is 6.42 Å². The molecule has 0 radical (unpaired) electrons. The summed E-state index contributed by atoms with van der Waals surface area (Å²) in [6.45, 7) is -0.191. The van der Waals surface area contributed by atoms with Gasteiger partial charge in [0.15, 0.2) is 12.4 Å². The normalized spacial score (nSPS) is 31.3. The first-order valence-electron chi connectivity index (χ1n) is 11.0. The van der Waals surface area contributed by atoms with E-state index in [0.717, 1.165) is 6.42 Å². The smallest absolute Gasteiger partial charge is 0.238 e. The molecule has 2 amide bonds. The maximum absolute atomic E-state index is 13.4. The van der Waals surface area contributed by atoms with Crippen LogP contribution in [0, 0.1) is 35.5 Å². The first kappa shape index (κ1) is 19.3. The van der Waals surface area contributed by atoms with Crippen LogP contribution in [0.2, 0.25) is 0 Å². The van der Waals surface area contributed by atoms with Gasteiger partial charge in [-0.25, -0.2) is 4.90 Å². The van der Waals surface area contributed by atoms with Crippen LogP contribution in [0.4, 0.5) is 5.69 Å². The van der Waals surface area contributed by atoms with E-state index in [1.54, 1.807) is 55.6 Å². The summed E-state index contributed by atoms with van der Waals surface area (Å²) in [5, 5.41) is 0. The highest BCUT2D eigenvalue weighted by atomic mass is 16.5. The first-order valence-corrected chi connectivity index (χ1v) is 11.0. The van der Waals surface area contributed by atoms with E-state index in [1.807, 2.05) is 0 Å². The molecule has 4 aliphatic carbocycles. The van der Waals surface area contributed by atoms with Gasteiger partial charge < -0.3 is 9.47 Å². The van der Waals surface area contributed by atoms with Crippen LogP contribution < -0.4 is 14.4 Å². The van der Waals surface area contributed by atoms with E-state index < -0.39 is 0 Å². The third-order valence-electron chi connectivity index (χ3n) is 7.54. The fraction of sp³-hybridized carbons (Fsp3) is 0.346. The lowest BCUT2D eigenvalue weighted by Gasteiger charge is -2.37. The number of carbonyl (C=O) groups is 3. The molecule has 1 heterocycles. The summed E-state index contributed by atoms with van der Waals surface area (Å²) < 4.78 is 11.0. The Morgan fingerprint density at radius 1 is 0.938 bits per heavy atom. The highest BCUT2D eigenvalue weighted by Gasteiger charge is 2.67. The third kappa shape index (κ3) is 2.75. The van der Waals surface area contributed by atoms with Crippen LogP contribution in [0.15, 0.2) is 60.7 Å². The number of benzene rings is 2. The number of ether oxygens (including phenoxy) is 2. The van der Waals surface area contributed by atoms with Crippen LogP contribution in [0.1, 0.15) is 16.8 Å². The second-order valence-corrected chi connectivity index (χ2v) is 9.07. The highest BCUT2D eigenvalue weighted by molar-refractivity contribution is 6.23. The average Bonchev–Trinajstić information content (AvgIpc) is 3.61. The van der Waals surface area contributed by atoms with E-state index in [4.69, 9.17) is 9.47 Å². The minimum atomic E-state index is -0.268. The van der Waals surface area contributed by atoms with Crippen LogP contribution in [-0.2, 0) is 9.59 Å². The number of nitrogens with zero attached hydrogens (tertiary/aromatic N) is 1. The summed E-state index contributed by atoms with van der Waals surface area (Å²) in [5.74, 6) is 1.46. The summed E-state index contributed by atoms with van der Waals surface area (Å²) in [6, 6.07) is 13.8. The summed E-state index contributed by atoms with van der Waals surface area (Å²) in [7, 11) is 1.57. The number of Topliss-reactive ketones (excluding diaryl/α,β-unsaturated/α-hetero) is 1. The fourth-order valence-corrected chi connectivity index (χ4v) is 5.96. The fourth-order valence-electron chi connectivity index (χ4n) is 5.96. The highest BCUT2D eigenvalue weighted by Crippen LogP contribution is 2.65. The Morgan fingerprint density at radius 3 is 2.19 bits per heavy atom. The maximum atomic E-state index is 13.4. The number of allylic oxidation sites excluding steroid dienone is 2. The third-order valence-corrected chi connectivity index (χ3v) is 7.54. The van der Waals surface area contributed by atoms with Gasteiger partial charge in [-0.15, -0.1) is 0 Å². The molecular weight excluding hydrogens is 406 g/mol. The van der Waals surface area contributed by atoms with Crippen molar-refractivity contribution in [3.05, 3.63) is 66.2 Å². The SMILES string of the molecule is COc1ccc(C(=O)COc2ccccc2N2C(=O)[C@@H]3[C@H]4C=C[C@@H]([C@@H]5C[C@@H]45)[C@@H]3C2=O)cc1. The monoisotopic (exact) mass is 429 g/mol. The molecule has 6 atom stereocenters. The number of para-hydroxylation sites is 2. The van der Waals surface area contributed by atoms with Crippen molar-refractivity contribution in [3.8, 4) is 11.5 Å². The van der Waals surface area contributed by atoms with Crippen LogP contribution in [0.3, 0.4) is 0 Å². The zero-order valence-electron chi connectivity index (χ0n) is 17.6. The first-order chi connectivity index (χ1) is 15.6. The van der Waals surface area contributed by atoms with Crippen molar-refractivity contribution in [1.82, 2.24) is 0 Å². The second-order valence-electron chi connectivity index (χ2n) is 9.07. The average molecular weight is 429 g/mol. The number of methoxy groups -OCH3 is 1. The van der Waals surface area contributed by atoms with E-state index in [0.29, 0.717) is 34.6 Å². The lowest BCUT2D eigenvalue weighted by Crippen LogP contribution is -2.40. The lowest BCUT2D eigenvalue weighted by atomic mass is 9.63. The Morgan fingerprint density at radius 2 is 1.56 bits per heavy atom. The van der Waals surface area contributed by atoms with Crippen molar-refractivity contribution in [1.29, 1.82) is 0 Å². The van der Waals surface area contributed by atoms with Gasteiger partial charge in [0, 0.05) is 5.56 Å². The van der Waals surface area contributed by atoms with E-state index >= 15 is 0 Å². The molecule has 0 aromatic heterocycles. The van der Waals surface area contributed by atoms with Crippen molar-refractivity contribution >= 4 is 23.3 Å². The van der Waals surface area contributed by atoms with Crippen LogP contribution in [0.5, 0.6) is 11.5 Å². The van der Waals surface area contributed by atoms with Gasteiger partial charge in [0.25, 0.3) is 0 Å². The Bertz CT molecular complexity index is 1120. The molecule has 0 N–H and O–H groups in total. The van der Waals surface area contributed by atoms with E-state index in [9.17, 15) is 14.4 Å². The summed E-state index contributed by atoms with van der Waals surface area (Å²) in [6.07, 6.45) is 5.44. The molecule has 3 fully saturated rings. The summed E-state index contributed by atoms with van der Waals surface area (Å²) in [5.41, 5.74) is 0.928. The Balaban J connectivity index is 1.24. The Labute approximate surface area is 185 Å². The molecular formula is C26H23NO5. The molecule has 5 aliphatic rings. The van der Waals surface area contributed by atoms with Gasteiger partial charge in [-0.1, -0.05) is 24.3 Å². The Kier molecular flexibility index (Phi) is 4.25. The Hall–Kier alpha value is -3.41. The quantitative estimate of drug-likeness (QED) is 0.399. The molecule has 6 heteroatoms. The molecule has 2 saturated carbocycles. The minimum absolute atomic E-state index is 0.137. The molecule has 2 aromatic rings. The molecule has 1 saturated heterocycles. The topological polar surface area (TPSA) is 72.9 Å². The number of hydrogen-bond acceptors (Lipinski definition) is 5. The number of imide groups is 1. The molecule has 1 aliphatic heterocycles. The lowest BCUT2D eigenvalue weighted by molar-refractivity contribution is -0.124. The summed E-state index contributed by atoms with van der Waals surface area (Å²) >= 11 is 0. The molecule has 0 spiro atoms. The predicted molar refractivity (Wildman–Crippen MR) is 116 cm³/mol. The zero-order valence-corrected chi connectivity index (χ0v) is 17.6.